The smallest absolute Gasteiger partial charge is 0.127 e. The van der Waals surface area contributed by atoms with Crippen LogP contribution >= 0.6 is 0 Å². The molecule has 2 fully saturated rings. The molecule has 1 saturated heterocycles. The lowest BCUT2D eigenvalue weighted by molar-refractivity contribution is 0.116. The molecule has 1 aromatic carbocycles. The summed E-state index contributed by atoms with van der Waals surface area (Å²) in [5, 5.41) is 3.62. The second-order valence-corrected chi connectivity index (χ2v) is 6.03. The minimum atomic E-state index is -0.0577. The normalized spacial score (nSPS) is 28.5. The Bertz CT molecular complexity index is 431. The van der Waals surface area contributed by atoms with E-state index in [1.54, 1.807) is 12.1 Å². The monoisotopic (exact) mass is 262 g/mol. The van der Waals surface area contributed by atoms with E-state index in [1.807, 2.05) is 12.1 Å². The van der Waals surface area contributed by atoms with Gasteiger partial charge in [-0.2, -0.15) is 0 Å². The van der Waals surface area contributed by atoms with Crippen LogP contribution in [0.5, 0.6) is 0 Å². The lowest BCUT2D eigenvalue weighted by Gasteiger charge is -2.40. The fourth-order valence-corrected chi connectivity index (χ4v) is 3.29. The first kappa shape index (κ1) is 13.1. The third-order valence-electron chi connectivity index (χ3n) is 4.48. The van der Waals surface area contributed by atoms with E-state index in [-0.39, 0.29) is 11.9 Å². The van der Waals surface area contributed by atoms with Crippen LogP contribution in [0.4, 0.5) is 4.39 Å². The first-order chi connectivity index (χ1) is 9.25. The number of hydrogen-bond donors (Lipinski definition) is 1. The summed E-state index contributed by atoms with van der Waals surface area (Å²) in [6.07, 6.45) is 5.04. The number of nitrogens with zero attached hydrogens (tertiary/aromatic N) is 1. The zero-order chi connectivity index (χ0) is 13.2. The number of piperidine rings is 1. The molecule has 19 heavy (non-hydrogen) atoms. The third-order valence-corrected chi connectivity index (χ3v) is 4.48. The molecule has 1 aliphatic heterocycles. The molecule has 1 heterocycles. The summed E-state index contributed by atoms with van der Waals surface area (Å²) in [5.41, 5.74) is 0.868. The fourth-order valence-electron chi connectivity index (χ4n) is 3.29. The quantitative estimate of drug-likeness (QED) is 0.897. The van der Waals surface area contributed by atoms with Crippen molar-refractivity contribution in [1.29, 1.82) is 0 Å². The van der Waals surface area contributed by atoms with Crippen molar-refractivity contribution in [1.82, 2.24) is 10.2 Å². The zero-order valence-electron chi connectivity index (χ0n) is 11.6. The summed E-state index contributed by atoms with van der Waals surface area (Å²) >= 11 is 0. The minimum absolute atomic E-state index is 0.0577. The summed E-state index contributed by atoms with van der Waals surface area (Å²) in [6, 6.07) is 8.22. The molecule has 0 spiro atoms. The Morgan fingerprint density at radius 2 is 2.05 bits per heavy atom. The van der Waals surface area contributed by atoms with Crippen molar-refractivity contribution in [2.24, 2.45) is 5.92 Å². The van der Waals surface area contributed by atoms with Crippen LogP contribution in [0.3, 0.4) is 0 Å². The molecule has 0 amide bonds. The Labute approximate surface area is 115 Å². The van der Waals surface area contributed by atoms with Crippen molar-refractivity contribution in [2.75, 3.05) is 20.1 Å². The average Bonchev–Trinajstić information content (AvgIpc) is 3.22. The van der Waals surface area contributed by atoms with Gasteiger partial charge in [-0.25, -0.2) is 4.39 Å². The summed E-state index contributed by atoms with van der Waals surface area (Å²) in [5.74, 6) is 0.467. The molecule has 0 radical (unpaired) electrons. The highest BCUT2D eigenvalue weighted by atomic mass is 19.1. The van der Waals surface area contributed by atoms with Gasteiger partial charge in [-0.3, -0.25) is 4.90 Å². The van der Waals surface area contributed by atoms with Crippen molar-refractivity contribution in [2.45, 2.75) is 37.8 Å². The van der Waals surface area contributed by atoms with Gasteiger partial charge in [0.1, 0.15) is 5.82 Å². The Morgan fingerprint density at radius 3 is 2.79 bits per heavy atom. The van der Waals surface area contributed by atoms with E-state index in [1.165, 1.54) is 25.7 Å². The van der Waals surface area contributed by atoms with Gasteiger partial charge in [0.2, 0.25) is 0 Å². The lowest BCUT2D eigenvalue weighted by Crippen LogP contribution is -2.41. The number of halogens is 1. The molecule has 0 bridgehead atoms. The van der Waals surface area contributed by atoms with Gasteiger partial charge < -0.3 is 5.32 Å². The van der Waals surface area contributed by atoms with E-state index in [2.05, 4.69) is 17.3 Å². The number of benzene rings is 1. The lowest BCUT2D eigenvalue weighted by atomic mass is 9.84. The maximum absolute atomic E-state index is 14.1. The molecule has 3 heteroatoms. The van der Waals surface area contributed by atoms with Gasteiger partial charge in [-0.05, 0) is 51.3 Å². The molecule has 0 aromatic heterocycles. The summed E-state index contributed by atoms with van der Waals surface area (Å²) in [6.45, 7) is 2.09. The third kappa shape index (κ3) is 2.98. The molecule has 2 unspecified atom stereocenters. The number of nitrogens with one attached hydrogen (secondary N) is 1. The predicted molar refractivity (Wildman–Crippen MR) is 75.5 cm³/mol. The molecular formula is C16H23FN2. The van der Waals surface area contributed by atoms with Crippen LogP contribution in [-0.4, -0.2) is 31.1 Å². The highest BCUT2D eigenvalue weighted by Gasteiger charge is 2.33. The highest BCUT2D eigenvalue weighted by molar-refractivity contribution is 5.22. The molecule has 2 atom stereocenters. The van der Waals surface area contributed by atoms with Crippen LogP contribution in [0.15, 0.2) is 24.3 Å². The zero-order valence-corrected chi connectivity index (χ0v) is 11.6. The van der Waals surface area contributed by atoms with E-state index in [0.717, 1.165) is 24.7 Å². The summed E-state index contributed by atoms with van der Waals surface area (Å²) in [7, 11) is 2.13. The van der Waals surface area contributed by atoms with Crippen LogP contribution in [0.2, 0.25) is 0 Å². The second kappa shape index (κ2) is 5.59. The van der Waals surface area contributed by atoms with Gasteiger partial charge in [0.25, 0.3) is 0 Å². The van der Waals surface area contributed by atoms with Gasteiger partial charge in [-0.1, -0.05) is 18.2 Å². The first-order valence-electron chi connectivity index (χ1n) is 7.44. The van der Waals surface area contributed by atoms with Crippen molar-refractivity contribution in [3.63, 3.8) is 0 Å². The summed E-state index contributed by atoms with van der Waals surface area (Å²) in [4.78, 5) is 2.32. The van der Waals surface area contributed by atoms with Gasteiger partial charge in [-0.15, -0.1) is 0 Å². The second-order valence-electron chi connectivity index (χ2n) is 6.03. The average molecular weight is 262 g/mol. The van der Waals surface area contributed by atoms with Crippen LogP contribution in [0.1, 0.15) is 37.3 Å². The molecular weight excluding hydrogens is 239 g/mol. The SMILES string of the molecule is CN1CCCC(CNC2CC2)C1c1ccccc1F. The molecule has 1 saturated carbocycles. The van der Waals surface area contributed by atoms with Crippen LogP contribution in [0.25, 0.3) is 0 Å². The maximum atomic E-state index is 14.1. The highest BCUT2D eigenvalue weighted by Crippen LogP contribution is 2.36. The van der Waals surface area contributed by atoms with E-state index in [4.69, 9.17) is 0 Å². The molecule has 2 nitrogen and oxygen atoms in total. The standard InChI is InChI=1S/C16H23FN2/c1-19-10-4-5-12(11-18-13-8-9-13)16(19)14-6-2-3-7-15(14)17/h2-3,6-7,12-13,16,18H,4-5,8-11H2,1H3. The van der Waals surface area contributed by atoms with E-state index >= 15 is 0 Å². The number of hydrogen-bond acceptors (Lipinski definition) is 2. The van der Waals surface area contributed by atoms with Crippen LogP contribution in [0, 0.1) is 11.7 Å². The Kier molecular flexibility index (Phi) is 3.85. The summed E-state index contributed by atoms with van der Waals surface area (Å²) < 4.78 is 14.1. The van der Waals surface area contributed by atoms with Gasteiger partial charge in [0.05, 0.1) is 0 Å². The minimum Gasteiger partial charge on any atom is -0.314 e. The van der Waals surface area contributed by atoms with Gasteiger partial charge in [0.15, 0.2) is 0 Å². The van der Waals surface area contributed by atoms with E-state index < -0.39 is 0 Å². The van der Waals surface area contributed by atoms with Crippen LogP contribution in [-0.2, 0) is 0 Å². The molecule has 1 aliphatic carbocycles. The van der Waals surface area contributed by atoms with E-state index in [9.17, 15) is 4.39 Å². The predicted octanol–water partition coefficient (Wildman–Crippen LogP) is 2.96. The Morgan fingerprint density at radius 1 is 1.26 bits per heavy atom. The maximum Gasteiger partial charge on any atom is 0.127 e. The van der Waals surface area contributed by atoms with Crippen LogP contribution < -0.4 is 5.32 Å². The van der Waals surface area contributed by atoms with Gasteiger partial charge in [0, 0.05) is 24.2 Å². The molecule has 3 rings (SSSR count). The first-order valence-corrected chi connectivity index (χ1v) is 7.44. The van der Waals surface area contributed by atoms with E-state index in [0.29, 0.717) is 5.92 Å². The van der Waals surface area contributed by atoms with Gasteiger partial charge >= 0.3 is 0 Å². The van der Waals surface area contributed by atoms with Crippen molar-refractivity contribution in [3.05, 3.63) is 35.6 Å². The number of rotatable bonds is 4. The molecule has 1 aromatic rings. The topological polar surface area (TPSA) is 15.3 Å². The van der Waals surface area contributed by atoms with Crippen molar-refractivity contribution < 1.29 is 4.39 Å². The molecule has 2 aliphatic rings. The molecule has 104 valence electrons. The van der Waals surface area contributed by atoms with Crippen molar-refractivity contribution >= 4 is 0 Å². The largest absolute Gasteiger partial charge is 0.314 e. The Balaban J connectivity index is 1.78. The fraction of sp³-hybridized carbons (Fsp3) is 0.625. The number of likely N-dealkylation sites (tertiary alicyclic amines) is 1. The molecule has 1 N–H and O–H groups in total. The van der Waals surface area contributed by atoms with Crippen molar-refractivity contribution in [3.8, 4) is 0 Å². The Hall–Kier alpha value is -0.930.